The fourth-order valence-electron chi connectivity index (χ4n) is 5.43. The fraction of sp³-hybridized carbons (Fsp3) is 0.444. The summed E-state index contributed by atoms with van der Waals surface area (Å²) in [5, 5.41) is 6.07. The highest BCUT2D eigenvalue weighted by atomic mass is 35.5. The van der Waals surface area contributed by atoms with Crippen LogP contribution in [0.5, 0.6) is 11.5 Å². The second-order valence-corrected chi connectivity index (χ2v) is 14.7. The number of thiophene rings is 2. The predicted molar refractivity (Wildman–Crippen MR) is 198 cm³/mol. The van der Waals surface area contributed by atoms with Crippen LogP contribution in [0.15, 0.2) is 18.2 Å². The van der Waals surface area contributed by atoms with E-state index < -0.39 is 0 Å². The molecule has 1 N–H and O–H groups in total. The Labute approximate surface area is 304 Å². The zero-order valence-electron chi connectivity index (χ0n) is 29.2. The minimum atomic E-state index is -0.179. The SMILES string of the molecule is COC(=O)CCCCc1nc(Cl)c2c(C)c(C)sc2n1.COC(=O)CCCCc1nc(NCc2ccc3c(c2)OCO3)c2c(C)c(C)sc2n1. The maximum absolute atomic E-state index is 11.3. The maximum atomic E-state index is 11.3. The van der Waals surface area contributed by atoms with Gasteiger partial charge in [0, 0.05) is 42.0 Å². The second-order valence-electron chi connectivity index (χ2n) is 12.0. The molecule has 266 valence electrons. The number of esters is 2. The molecule has 0 atom stereocenters. The van der Waals surface area contributed by atoms with Gasteiger partial charge < -0.3 is 24.3 Å². The number of aryl methyl sites for hydroxylation is 6. The van der Waals surface area contributed by atoms with Crippen LogP contribution in [0.3, 0.4) is 0 Å². The van der Waals surface area contributed by atoms with Gasteiger partial charge in [0.15, 0.2) is 11.5 Å². The topological polar surface area (TPSA) is 135 Å². The molecule has 0 fully saturated rings. The van der Waals surface area contributed by atoms with E-state index >= 15 is 0 Å². The molecule has 14 heteroatoms. The molecule has 0 saturated heterocycles. The van der Waals surface area contributed by atoms with Crippen LogP contribution in [-0.2, 0) is 38.4 Å². The van der Waals surface area contributed by atoms with E-state index in [1.807, 2.05) is 25.1 Å². The molecule has 4 aromatic heterocycles. The summed E-state index contributed by atoms with van der Waals surface area (Å²) in [6, 6.07) is 5.95. The molecule has 1 aromatic carbocycles. The average Bonchev–Trinajstić information content (AvgIpc) is 3.78. The van der Waals surface area contributed by atoms with E-state index in [-0.39, 0.29) is 18.7 Å². The number of benzene rings is 1. The Balaban J connectivity index is 0.000000211. The number of unbranched alkanes of at least 4 members (excludes halogenated alkanes) is 2. The van der Waals surface area contributed by atoms with Gasteiger partial charge in [-0.25, -0.2) is 19.9 Å². The Kier molecular flexibility index (Phi) is 12.8. The van der Waals surface area contributed by atoms with Gasteiger partial charge in [-0.3, -0.25) is 9.59 Å². The standard InChI is InChI=1S/C22H25N3O4S.C14H17ClN2O2S/c1-13-14(2)30-22-20(13)21(24-18(25-22)6-4-5-7-19(26)27-3)23-11-15-8-9-16-17(10-15)29-12-28-16;1-8-9(2)20-14-12(8)13(15)16-10(17-14)6-4-5-7-11(18)19-3/h8-10H,4-7,11-12H2,1-3H3,(H,23,24,25);4-7H2,1-3H3. The Morgan fingerprint density at radius 3 is 1.96 bits per heavy atom. The Bertz CT molecular complexity index is 2000. The van der Waals surface area contributed by atoms with Crippen LogP contribution in [0.4, 0.5) is 5.82 Å². The van der Waals surface area contributed by atoms with Crippen molar-refractivity contribution < 1.29 is 28.5 Å². The monoisotopic (exact) mass is 739 g/mol. The van der Waals surface area contributed by atoms with Gasteiger partial charge in [0.2, 0.25) is 6.79 Å². The summed E-state index contributed by atoms with van der Waals surface area (Å²) in [7, 11) is 2.82. The number of hydrogen-bond donors (Lipinski definition) is 1. The average molecular weight is 740 g/mol. The molecule has 50 heavy (non-hydrogen) atoms. The van der Waals surface area contributed by atoms with E-state index in [2.05, 4.69) is 40.8 Å². The zero-order chi connectivity index (χ0) is 35.8. The zero-order valence-corrected chi connectivity index (χ0v) is 31.6. The van der Waals surface area contributed by atoms with Crippen LogP contribution in [0.25, 0.3) is 20.4 Å². The number of fused-ring (bicyclic) bond motifs is 3. The molecule has 0 saturated carbocycles. The number of methoxy groups -OCH3 is 2. The number of nitrogens with zero attached hydrogens (tertiary/aromatic N) is 4. The Hall–Kier alpha value is -4.07. The largest absolute Gasteiger partial charge is 0.469 e. The van der Waals surface area contributed by atoms with Gasteiger partial charge >= 0.3 is 11.9 Å². The molecule has 0 bridgehead atoms. The van der Waals surface area contributed by atoms with Gasteiger partial charge in [-0.05, 0) is 82.2 Å². The predicted octanol–water partition coefficient (Wildman–Crippen LogP) is 8.38. The number of hydrogen-bond acceptors (Lipinski definition) is 13. The summed E-state index contributed by atoms with van der Waals surface area (Å²) in [6.07, 6.45) is 5.52. The lowest BCUT2D eigenvalue weighted by Gasteiger charge is -2.10. The Morgan fingerprint density at radius 1 is 0.780 bits per heavy atom. The number of carbonyl (C=O) groups is 2. The van der Waals surface area contributed by atoms with Crippen LogP contribution in [0, 0.1) is 27.7 Å². The summed E-state index contributed by atoms with van der Waals surface area (Å²) >= 11 is 9.58. The van der Waals surface area contributed by atoms with Gasteiger partial charge in [-0.1, -0.05) is 17.7 Å². The van der Waals surface area contributed by atoms with Crippen molar-refractivity contribution in [2.45, 2.75) is 85.6 Å². The summed E-state index contributed by atoms with van der Waals surface area (Å²) in [5.41, 5.74) is 3.46. The number of anilines is 1. The molecular weight excluding hydrogens is 698 g/mol. The summed E-state index contributed by atoms with van der Waals surface area (Å²) in [6.45, 7) is 9.22. The lowest BCUT2D eigenvalue weighted by molar-refractivity contribution is -0.141. The van der Waals surface area contributed by atoms with Crippen molar-refractivity contribution >= 4 is 72.5 Å². The smallest absolute Gasteiger partial charge is 0.305 e. The van der Waals surface area contributed by atoms with Gasteiger partial charge in [0.05, 0.1) is 25.0 Å². The number of nitrogens with one attached hydrogen (secondary N) is 1. The van der Waals surface area contributed by atoms with Gasteiger partial charge in [-0.15, -0.1) is 22.7 Å². The van der Waals surface area contributed by atoms with E-state index in [1.165, 1.54) is 29.5 Å². The van der Waals surface area contributed by atoms with Crippen molar-refractivity contribution in [3.8, 4) is 11.5 Å². The van der Waals surface area contributed by atoms with Crippen LogP contribution in [0.2, 0.25) is 5.15 Å². The highest BCUT2D eigenvalue weighted by Gasteiger charge is 2.17. The first-order valence-corrected chi connectivity index (χ1v) is 18.5. The maximum Gasteiger partial charge on any atom is 0.305 e. The van der Waals surface area contributed by atoms with Gasteiger partial charge in [-0.2, -0.15) is 0 Å². The fourth-order valence-corrected chi connectivity index (χ4v) is 7.91. The van der Waals surface area contributed by atoms with Crippen molar-refractivity contribution in [3.05, 3.63) is 61.4 Å². The molecule has 0 amide bonds. The van der Waals surface area contributed by atoms with E-state index in [1.54, 1.807) is 22.7 Å². The molecule has 0 unspecified atom stereocenters. The molecule has 0 radical (unpaired) electrons. The Morgan fingerprint density at radius 2 is 1.34 bits per heavy atom. The third kappa shape index (κ3) is 9.18. The van der Waals surface area contributed by atoms with Crippen LogP contribution in [-0.4, -0.2) is 52.9 Å². The van der Waals surface area contributed by atoms with Crippen LogP contribution >= 0.6 is 34.3 Å². The van der Waals surface area contributed by atoms with Crippen molar-refractivity contribution in [1.82, 2.24) is 19.9 Å². The summed E-state index contributed by atoms with van der Waals surface area (Å²) in [5.74, 6) is 3.58. The molecule has 6 rings (SSSR count). The van der Waals surface area contributed by atoms with Crippen molar-refractivity contribution in [3.63, 3.8) is 0 Å². The van der Waals surface area contributed by atoms with Gasteiger partial charge in [0.1, 0.15) is 32.3 Å². The van der Waals surface area contributed by atoms with E-state index in [9.17, 15) is 9.59 Å². The highest BCUT2D eigenvalue weighted by Crippen LogP contribution is 2.36. The van der Waals surface area contributed by atoms with Crippen LogP contribution < -0.4 is 14.8 Å². The van der Waals surface area contributed by atoms with Crippen molar-refractivity contribution in [1.29, 1.82) is 0 Å². The highest BCUT2D eigenvalue weighted by molar-refractivity contribution is 7.19. The van der Waals surface area contributed by atoms with E-state index in [0.717, 1.165) is 99.1 Å². The van der Waals surface area contributed by atoms with Crippen molar-refractivity contribution in [2.75, 3.05) is 26.3 Å². The van der Waals surface area contributed by atoms with Gasteiger partial charge in [0.25, 0.3) is 0 Å². The van der Waals surface area contributed by atoms with E-state index in [0.29, 0.717) is 24.5 Å². The quantitative estimate of drug-likeness (QED) is 0.0709. The molecule has 1 aliphatic rings. The van der Waals surface area contributed by atoms with Crippen LogP contribution in [0.1, 0.15) is 76.6 Å². The molecule has 5 heterocycles. The minimum absolute atomic E-state index is 0.177. The normalized spacial score (nSPS) is 11.8. The first-order valence-electron chi connectivity index (χ1n) is 16.5. The molecular formula is C36H42ClN5O6S2. The second kappa shape index (κ2) is 17.2. The lowest BCUT2D eigenvalue weighted by atomic mass is 10.1. The lowest BCUT2D eigenvalue weighted by Crippen LogP contribution is -2.06. The molecule has 5 aromatic rings. The number of rotatable bonds is 13. The third-order valence-electron chi connectivity index (χ3n) is 8.52. The molecule has 11 nitrogen and oxygen atoms in total. The molecule has 0 aliphatic carbocycles. The minimum Gasteiger partial charge on any atom is -0.469 e. The molecule has 1 aliphatic heterocycles. The first-order chi connectivity index (χ1) is 24.1. The summed E-state index contributed by atoms with van der Waals surface area (Å²) in [4.78, 5) is 45.2. The van der Waals surface area contributed by atoms with Crippen molar-refractivity contribution in [2.24, 2.45) is 0 Å². The number of aromatic nitrogens is 4. The molecule has 0 spiro atoms. The number of ether oxygens (including phenoxy) is 4. The van der Waals surface area contributed by atoms with E-state index in [4.69, 9.17) is 35.8 Å². The number of halogens is 1. The first kappa shape index (κ1) is 37.2. The summed E-state index contributed by atoms with van der Waals surface area (Å²) < 4.78 is 20.2. The third-order valence-corrected chi connectivity index (χ3v) is 11.0. The number of carbonyl (C=O) groups excluding carboxylic acids is 2.